The Hall–Kier alpha value is -1.46. The molecule has 0 amide bonds. The van der Waals surface area contributed by atoms with Gasteiger partial charge in [-0.25, -0.2) is 0 Å². The van der Waals surface area contributed by atoms with Crippen molar-refractivity contribution in [2.45, 2.75) is 32.4 Å². The van der Waals surface area contributed by atoms with Crippen LogP contribution in [0.15, 0.2) is 12.1 Å². The number of carboxylic acid groups (broad SMARTS) is 1. The van der Waals surface area contributed by atoms with Gasteiger partial charge in [0.25, 0.3) is 0 Å². The van der Waals surface area contributed by atoms with E-state index in [4.69, 9.17) is 21.1 Å². The fraction of sp³-hybridized carbons (Fsp3) is 0.562. The molecule has 0 aromatic heterocycles. The summed E-state index contributed by atoms with van der Waals surface area (Å²) < 4.78 is 11.1. The zero-order valence-corrected chi connectivity index (χ0v) is 13.3. The van der Waals surface area contributed by atoms with Crippen LogP contribution in [0.5, 0.6) is 11.5 Å². The number of fused-ring (bicyclic) bond motifs is 1. The molecule has 1 N–H and O–H groups in total. The number of hydrogen-bond acceptors (Lipinski definition) is 4. The fourth-order valence-corrected chi connectivity index (χ4v) is 3.38. The molecular formula is C16H20ClNO4. The molecule has 22 heavy (non-hydrogen) atoms. The summed E-state index contributed by atoms with van der Waals surface area (Å²) in [4.78, 5) is 13.4. The smallest absolute Gasteiger partial charge is 0.307 e. The Morgan fingerprint density at radius 3 is 2.91 bits per heavy atom. The number of aliphatic carboxylic acids is 1. The Kier molecular flexibility index (Phi) is 4.45. The predicted molar refractivity (Wildman–Crippen MR) is 82.7 cm³/mol. The Bertz CT molecular complexity index is 578. The summed E-state index contributed by atoms with van der Waals surface area (Å²) in [5.41, 5.74) is 1.02. The van der Waals surface area contributed by atoms with Crippen molar-refractivity contribution in [1.29, 1.82) is 0 Å². The number of nitrogens with zero attached hydrogens (tertiary/aromatic N) is 1. The van der Waals surface area contributed by atoms with Gasteiger partial charge < -0.3 is 14.6 Å². The number of halogens is 1. The van der Waals surface area contributed by atoms with Gasteiger partial charge in [-0.1, -0.05) is 11.6 Å². The van der Waals surface area contributed by atoms with Crippen molar-refractivity contribution in [3.63, 3.8) is 0 Å². The van der Waals surface area contributed by atoms with Crippen LogP contribution in [0.25, 0.3) is 0 Å². The zero-order valence-electron chi connectivity index (χ0n) is 12.5. The first kappa shape index (κ1) is 15.4. The SMILES string of the molecule is CC1CCC(C(=O)O)CN1Cc1cc(Cl)c2c(c1)OCCO2. The van der Waals surface area contributed by atoms with Crippen LogP contribution >= 0.6 is 11.6 Å². The van der Waals surface area contributed by atoms with E-state index in [1.807, 2.05) is 12.1 Å². The van der Waals surface area contributed by atoms with E-state index in [2.05, 4.69) is 11.8 Å². The van der Waals surface area contributed by atoms with Gasteiger partial charge in [0.2, 0.25) is 0 Å². The molecule has 2 unspecified atom stereocenters. The summed E-state index contributed by atoms with van der Waals surface area (Å²) in [6.07, 6.45) is 1.64. The lowest BCUT2D eigenvalue weighted by atomic mass is 9.93. The molecule has 0 spiro atoms. The van der Waals surface area contributed by atoms with Crippen molar-refractivity contribution >= 4 is 17.6 Å². The van der Waals surface area contributed by atoms with Gasteiger partial charge in [0.05, 0.1) is 10.9 Å². The average Bonchev–Trinajstić information content (AvgIpc) is 2.49. The van der Waals surface area contributed by atoms with Gasteiger partial charge in [0, 0.05) is 19.1 Å². The third-order valence-corrected chi connectivity index (χ3v) is 4.68. The molecule has 1 fully saturated rings. The van der Waals surface area contributed by atoms with Crippen molar-refractivity contribution in [2.75, 3.05) is 19.8 Å². The highest BCUT2D eigenvalue weighted by Crippen LogP contribution is 2.39. The third-order valence-electron chi connectivity index (χ3n) is 4.40. The number of likely N-dealkylation sites (tertiary alicyclic amines) is 1. The van der Waals surface area contributed by atoms with Crippen LogP contribution in [-0.2, 0) is 11.3 Å². The standard InChI is InChI=1S/C16H20ClNO4/c1-10-2-3-12(16(19)20)9-18(10)8-11-6-13(17)15-14(7-11)21-4-5-22-15/h6-7,10,12H,2-5,8-9H2,1H3,(H,19,20). The van der Waals surface area contributed by atoms with Gasteiger partial charge in [-0.05, 0) is 37.5 Å². The Morgan fingerprint density at radius 1 is 1.36 bits per heavy atom. The molecule has 2 aliphatic rings. The molecule has 0 radical (unpaired) electrons. The van der Waals surface area contributed by atoms with E-state index in [9.17, 15) is 9.90 Å². The molecule has 5 nitrogen and oxygen atoms in total. The number of benzene rings is 1. The molecule has 1 saturated heterocycles. The van der Waals surface area contributed by atoms with Crippen LogP contribution in [0.1, 0.15) is 25.3 Å². The van der Waals surface area contributed by atoms with E-state index in [0.29, 0.717) is 48.9 Å². The summed E-state index contributed by atoms with van der Waals surface area (Å²) in [5.74, 6) is 0.279. The molecule has 120 valence electrons. The highest BCUT2D eigenvalue weighted by molar-refractivity contribution is 6.32. The van der Waals surface area contributed by atoms with Crippen molar-refractivity contribution in [1.82, 2.24) is 4.90 Å². The Balaban J connectivity index is 1.77. The number of piperidine rings is 1. The molecule has 2 aliphatic heterocycles. The second-order valence-electron chi connectivity index (χ2n) is 5.99. The van der Waals surface area contributed by atoms with Crippen LogP contribution in [0.2, 0.25) is 5.02 Å². The maximum absolute atomic E-state index is 11.2. The summed E-state index contributed by atoms with van der Waals surface area (Å²) >= 11 is 6.26. The minimum absolute atomic E-state index is 0.288. The summed E-state index contributed by atoms with van der Waals surface area (Å²) in [6.45, 7) is 4.41. The van der Waals surface area contributed by atoms with Gasteiger partial charge in [0.15, 0.2) is 11.5 Å². The van der Waals surface area contributed by atoms with Crippen molar-refractivity contribution < 1.29 is 19.4 Å². The van der Waals surface area contributed by atoms with Crippen molar-refractivity contribution in [3.05, 3.63) is 22.7 Å². The highest BCUT2D eigenvalue weighted by atomic mass is 35.5. The summed E-state index contributed by atoms with van der Waals surface area (Å²) in [7, 11) is 0. The number of carboxylic acids is 1. The molecular weight excluding hydrogens is 306 g/mol. The second kappa shape index (κ2) is 6.34. The normalized spacial score (nSPS) is 25.0. The largest absolute Gasteiger partial charge is 0.486 e. The number of ether oxygens (including phenoxy) is 2. The van der Waals surface area contributed by atoms with Crippen LogP contribution in [-0.4, -0.2) is 41.8 Å². The fourth-order valence-electron chi connectivity index (χ4n) is 3.09. The lowest BCUT2D eigenvalue weighted by Gasteiger charge is -2.36. The van der Waals surface area contributed by atoms with Crippen molar-refractivity contribution in [2.24, 2.45) is 5.92 Å². The molecule has 1 aromatic carbocycles. The lowest BCUT2D eigenvalue weighted by Crippen LogP contribution is -2.43. The van der Waals surface area contributed by atoms with Gasteiger partial charge in [-0.2, -0.15) is 0 Å². The Labute approximate surface area is 134 Å². The first-order chi connectivity index (χ1) is 10.5. The minimum atomic E-state index is -0.711. The maximum atomic E-state index is 11.2. The highest BCUT2D eigenvalue weighted by Gasteiger charge is 2.30. The van der Waals surface area contributed by atoms with E-state index < -0.39 is 5.97 Å². The first-order valence-corrected chi connectivity index (χ1v) is 7.97. The van der Waals surface area contributed by atoms with Gasteiger partial charge in [-0.15, -0.1) is 0 Å². The van der Waals surface area contributed by atoms with Crippen LogP contribution in [0.4, 0.5) is 0 Å². The van der Waals surface area contributed by atoms with E-state index in [1.54, 1.807) is 0 Å². The monoisotopic (exact) mass is 325 g/mol. The lowest BCUT2D eigenvalue weighted by molar-refractivity contribution is -0.144. The first-order valence-electron chi connectivity index (χ1n) is 7.59. The van der Waals surface area contributed by atoms with Gasteiger partial charge in [-0.3, -0.25) is 9.69 Å². The molecule has 2 atom stereocenters. The topological polar surface area (TPSA) is 59.0 Å². The second-order valence-corrected chi connectivity index (χ2v) is 6.40. The number of carbonyl (C=O) groups is 1. The molecule has 1 aromatic rings. The molecule has 6 heteroatoms. The molecule has 0 aliphatic carbocycles. The van der Waals surface area contributed by atoms with E-state index >= 15 is 0 Å². The number of hydrogen-bond donors (Lipinski definition) is 1. The quantitative estimate of drug-likeness (QED) is 0.926. The zero-order chi connectivity index (χ0) is 15.7. The van der Waals surface area contributed by atoms with E-state index in [1.165, 1.54) is 0 Å². The predicted octanol–water partition coefficient (Wildman–Crippen LogP) is 2.80. The van der Waals surface area contributed by atoms with Crippen LogP contribution in [0, 0.1) is 5.92 Å². The summed E-state index contributed by atoms with van der Waals surface area (Å²) in [5, 5.41) is 9.77. The maximum Gasteiger partial charge on any atom is 0.307 e. The molecule has 2 heterocycles. The average molecular weight is 326 g/mol. The molecule has 3 rings (SSSR count). The third kappa shape index (κ3) is 3.15. The Morgan fingerprint density at radius 2 is 2.14 bits per heavy atom. The molecule has 0 saturated carbocycles. The van der Waals surface area contributed by atoms with Crippen LogP contribution in [0.3, 0.4) is 0 Å². The minimum Gasteiger partial charge on any atom is -0.486 e. The van der Waals surface area contributed by atoms with Gasteiger partial charge >= 0.3 is 5.97 Å². The van der Waals surface area contributed by atoms with Crippen LogP contribution < -0.4 is 9.47 Å². The van der Waals surface area contributed by atoms with Gasteiger partial charge in [0.1, 0.15) is 13.2 Å². The van der Waals surface area contributed by atoms with E-state index in [-0.39, 0.29) is 5.92 Å². The summed E-state index contributed by atoms with van der Waals surface area (Å²) in [6, 6.07) is 4.19. The van der Waals surface area contributed by atoms with E-state index in [0.717, 1.165) is 18.4 Å². The molecule has 0 bridgehead atoms. The number of rotatable bonds is 3. The van der Waals surface area contributed by atoms with Crippen molar-refractivity contribution in [3.8, 4) is 11.5 Å².